The molecule has 1 aliphatic rings. The first-order valence-corrected chi connectivity index (χ1v) is 3.27. The van der Waals surface area contributed by atoms with E-state index in [1.165, 1.54) is 13.8 Å². The van der Waals surface area contributed by atoms with Crippen molar-refractivity contribution in [1.82, 2.24) is 0 Å². The summed E-state index contributed by atoms with van der Waals surface area (Å²) in [6.45, 7) is 2.72. The van der Waals surface area contributed by atoms with Crippen LogP contribution in [0.3, 0.4) is 0 Å². The number of hydrogen-bond acceptors (Lipinski definition) is 4. The van der Waals surface area contributed by atoms with Gasteiger partial charge in [-0.05, 0) is 6.42 Å². The van der Waals surface area contributed by atoms with Crippen LogP contribution in [-0.2, 0) is 9.59 Å². The largest absolute Gasteiger partial charge is 1.00 e. The Morgan fingerprint density at radius 1 is 1.00 bits per heavy atom. The minimum atomic E-state index is -1.32. The smallest absolute Gasteiger partial charge is 0.550 e. The van der Waals surface area contributed by atoms with E-state index in [4.69, 9.17) is 0 Å². The SMILES string of the molecule is C[C@@]1(C(=O)[O-])C[C@]1(C)C(=O)[O-].O.[K+].[K+]. The van der Waals surface area contributed by atoms with E-state index < -0.39 is 22.8 Å². The second kappa shape index (κ2) is 6.80. The van der Waals surface area contributed by atoms with E-state index in [9.17, 15) is 19.8 Å². The summed E-state index contributed by atoms with van der Waals surface area (Å²) in [6, 6.07) is 0. The van der Waals surface area contributed by atoms with Gasteiger partial charge >= 0.3 is 103 Å². The van der Waals surface area contributed by atoms with Crippen molar-refractivity contribution in [2.24, 2.45) is 10.8 Å². The average molecular weight is 252 g/mol. The fourth-order valence-corrected chi connectivity index (χ4v) is 1.26. The second-order valence-electron chi connectivity index (χ2n) is 3.42. The summed E-state index contributed by atoms with van der Waals surface area (Å²) in [5.74, 6) is -2.63. The molecule has 1 saturated carbocycles. The molecule has 2 N–H and O–H groups in total. The molecular weight excluding hydrogens is 242 g/mol. The Hall–Kier alpha value is 2.17. The van der Waals surface area contributed by atoms with Gasteiger partial charge in [-0.3, -0.25) is 0 Å². The van der Waals surface area contributed by atoms with Crippen molar-refractivity contribution >= 4 is 11.9 Å². The summed E-state index contributed by atoms with van der Waals surface area (Å²) in [6.07, 6.45) is 0.102. The fraction of sp³-hybridized carbons (Fsp3) is 0.714. The molecule has 0 aromatic carbocycles. The minimum absolute atomic E-state index is 0. The molecule has 1 rings (SSSR count). The molecule has 0 aromatic rings. The van der Waals surface area contributed by atoms with Crippen LogP contribution < -0.4 is 113 Å². The Balaban J connectivity index is -0.000000403. The number of carboxylic acids is 2. The summed E-state index contributed by atoms with van der Waals surface area (Å²) in [5.41, 5.74) is -2.46. The molecule has 0 saturated heterocycles. The van der Waals surface area contributed by atoms with Crippen molar-refractivity contribution < 1.29 is 128 Å². The predicted molar refractivity (Wildman–Crippen MR) is 34.5 cm³/mol. The standard InChI is InChI=1S/C7H10O4.2K.H2O/c1-6(4(8)9)3-7(6,2)5(10)11;;;/h3H2,1-2H3,(H,8,9)(H,10,11);;;1H2/q;2*+1;/p-2/t6-,7+;;;. The van der Waals surface area contributed by atoms with Gasteiger partial charge in [0.05, 0.1) is 0 Å². The molecule has 1 aliphatic carbocycles. The van der Waals surface area contributed by atoms with Crippen molar-refractivity contribution in [2.45, 2.75) is 20.3 Å². The van der Waals surface area contributed by atoms with E-state index in [0.717, 1.165) is 0 Å². The molecule has 0 heterocycles. The van der Waals surface area contributed by atoms with E-state index in [-0.39, 0.29) is 115 Å². The minimum Gasteiger partial charge on any atom is -0.550 e. The van der Waals surface area contributed by atoms with Crippen LogP contribution in [0.2, 0.25) is 0 Å². The maximum absolute atomic E-state index is 10.4. The van der Waals surface area contributed by atoms with E-state index in [1.54, 1.807) is 0 Å². The Morgan fingerprint density at radius 2 is 1.21 bits per heavy atom. The molecule has 5 nitrogen and oxygen atoms in total. The molecular formula is C7H10K2O5. The molecule has 2 atom stereocenters. The molecule has 0 amide bonds. The van der Waals surface area contributed by atoms with Crippen molar-refractivity contribution in [3.8, 4) is 0 Å². The normalized spacial score (nSPS) is 32.7. The van der Waals surface area contributed by atoms with Crippen LogP contribution >= 0.6 is 0 Å². The third-order valence-corrected chi connectivity index (χ3v) is 2.70. The first kappa shape index (κ1) is 21.5. The van der Waals surface area contributed by atoms with E-state index in [2.05, 4.69) is 0 Å². The zero-order valence-corrected chi connectivity index (χ0v) is 15.1. The van der Waals surface area contributed by atoms with Crippen molar-refractivity contribution in [1.29, 1.82) is 0 Å². The van der Waals surface area contributed by atoms with Crippen LogP contribution in [0.4, 0.5) is 0 Å². The van der Waals surface area contributed by atoms with Gasteiger partial charge in [-0.15, -0.1) is 0 Å². The van der Waals surface area contributed by atoms with Crippen LogP contribution in [0, 0.1) is 10.8 Å². The van der Waals surface area contributed by atoms with Crippen LogP contribution in [0.1, 0.15) is 20.3 Å². The summed E-state index contributed by atoms with van der Waals surface area (Å²) in [7, 11) is 0. The van der Waals surface area contributed by atoms with E-state index >= 15 is 0 Å². The molecule has 0 bridgehead atoms. The molecule has 14 heavy (non-hydrogen) atoms. The van der Waals surface area contributed by atoms with Crippen molar-refractivity contribution in [3.63, 3.8) is 0 Å². The quantitative estimate of drug-likeness (QED) is 0.454. The van der Waals surface area contributed by atoms with Gasteiger partial charge in [-0.2, -0.15) is 0 Å². The number of carboxylic acid groups (broad SMARTS) is 2. The maximum atomic E-state index is 10.4. The van der Waals surface area contributed by atoms with Gasteiger partial charge in [0.25, 0.3) is 0 Å². The molecule has 7 heteroatoms. The third kappa shape index (κ3) is 3.33. The first-order valence-electron chi connectivity index (χ1n) is 3.27. The number of rotatable bonds is 2. The van der Waals surface area contributed by atoms with Crippen LogP contribution in [0.15, 0.2) is 0 Å². The van der Waals surface area contributed by atoms with Gasteiger partial charge in [0.15, 0.2) is 0 Å². The van der Waals surface area contributed by atoms with Gasteiger partial charge in [-0.25, -0.2) is 0 Å². The number of carbonyl (C=O) groups excluding carboxylic acids is 2. The Kier molecular flexibility index (Phi) is 10.4. The Labute approximate surface area is 167 Å². The Morgan fingerprint density at radius 3 is 1.29 bits per heavy atom. The van der Waals surface area contributed by atoms with Gasteiger partial charge in [-0.1, -0.05) is 13.8 Å². The second-order valence-corrected chi connectivity index (χ2v) is 3.42. The van der Waals surface area contributed by atoms with Gasteiger partial charge in [0, 0.05) is 22.8 Å². The first-order chi connectivity index (χ1) is 4.84. The topological polar surface area (TPSA) is 112 Å². The molecule has 0 aliphatic heterocycles. The van der Waals surface area contributed by atoms with Crippen LogP contribution in [0.25, 0.3) is 0 Å². The van der Waals surface area contributed by atoms with Gasteiger partial charge in [0.2, 0.25) is 0 Å². The molecule has 0 aromatic heterocycles. The zero-order valence-electron chi connectivity index (χ0n) is 8.84. The third-order valence-electron chi connectivity index (χ3n) is 2.70. The Bertz CT molecular complexity index is 220. The fourth-order valence-electron chi connectivity index (χ4n) is 1.26. The number of aliphatic carboxylic acids is 2. The number of hydrogen-bond donors (Lipinski definition) is 0. The van der Waals surface area contributed by atoms with E-state index in [1.807, 2.05) is 0 Å². The zero-order chi connectivity index (χ0) is 8.86. The predicted octanol–water partition coefficient (Wildman–Crippen LogP) is -8.91. The van der Waals surface area contributed by atoms with Gasteiger partial charge < -0.3 is 25.3 Å². The average Bonchev–Trinajstić information content (AvgIpc) is 2.39. The molecule has 0 radical (unpaired) electrons. The van der Waals surface area contributed by atoms with E-state index in [0.29, 0.717) is 0 Å². The summed E-state index contributed by atoms with van der Waals surface area (Å²) in [4.78, 5) is 20.8. The summed E-state index contributed by atoms with van der Waals surface area (Å²) in [5, 5.41) is 20.8. The molecule has 1 fully saturated rings. The summed E-state index contributed by atoms with van der Waals surface area (Å²) >= 11 is 0. The monoisotopic (exact) mass is 252 g/mol. The van der Waals surface area contributed by atoms with Crippen LogP contribution in [0.5, 0.6) is 0 Å². The number of carbonyl (C=O) groups is 2. The molecule has 70 valence electrons. The maximum Gasteiger partial charge on any atom is 1.00 e. The molecule has 0 unspecified atom stereocenters. The summed E-state index contributed by atoms with van der Waals surface area (Å²) < 4.78 is 0. The van der Waals surface area contributed by atoms with Crippen molar-refractivity contribution in [3.05, 3.63) is 0 Å². The van der Waals surface area contributed by atoms with Crippen LogP contribution in [-0.4, -0.2) is 17.4 Å². The van der Waals surface area contributed by atoms with Crippen molar-refractivity contribution in [2.75, 3.05) is 0 Å². The molecule has 0 spiro atoms. The van der Waals surface area contributed by atoms with Gasteiger partial charge in [0.1, 0.15) is 0 Å².